The van der Waals surface area contributed by atoms with Crippen LogP contribution in [0.1, 0.15) is 32.8 Å². The maximum absolute atomic E-state index is 12.9. The SMILES string of the molecule is CC(C)(C)CC(Cl)CNCc1cncc(F)c1. The first-order chi connectivity index (χ1) is 7.87. The number of halogens is 2. The minimum absolute atomic E-state index is 0.0940. The van der Waals surface area contributed by atoms with Crippen LogP contribution in [0, 0.1) is 11.2 Å². The number of alkyl halides is 1. The molecule has 0 aliphatic carbocycles. The Morgan fingerprint density at radius 2 is 2.12 bits per heavy atom. The van der Waals surface area contributed by atoms with Gasteiger partial charge in [0.2, 0.25) is 0 Å². The molecular weight excluding hydrogens is 239 g/mol. The Bertz CT molecular complexity index is 350. The Kier molecular flexibility index (Phi) is 5.34. The molecular formula is C13H20ClFN2. The highest BCUT2D eigenvalue weighted by Crippen LogP contribution is 2.23. The fraction of sp³-hybridized carbons (Fsp3) is 0.615. The summed E-state index contributed by atoms with van der Waals surface area (Å²) < 4.78 is 12.9. The third kappa shape index (κ3) is 6.59. The van der Waals surface area contributed by atoms with E-state index in [0.717, 1.165) is 18.5 Å². The first kappa shape index (κ1) is 14.4. The van der Waals surface area contributed by atoms with Crippen molar-refractivity contribution in [2.45, 2.75) is 39.1 Å². The average Bonchev–Trinajstić information content (AvgIpc) is 2.14. The molecule has 17 heavy (non-hydrogen) atoms. The van der Waals surface area contributed by atoms with Gasteiger partial charge in [-0.1, -0.05) is 20.8 Å². The summed E-state index contributed by atoms with van der Waals surface area (Å²) in [5, 5.41) is 3.31. The summed E-state index contributed by atoms with van der Waals surface area (Å²) in [6, 6.07) is 1.48. The molecule has 0 aliphatic heterocycles. The maximum atomic E-state index is 12.9. The Morgan fingerprint density at radius 1 is 1.41 bits per heavy atom. The van der Waals surface area contributed by atoms with Crippen LogP contribution in [0.4, 0.5) is 4.39 Å². The van der Waals surface area contributed by atoms with Crippen LogP contribution in [-0.2, 0) is 6.54 Å². The molecule has 1 unspecified atom stereocenters. The van der Waals surface area contributed by atoms with Gasteiger partial charge in [0.15, 0.2) is 0 Å². The van der Waals surface area contributed by atoms with E-state index in [1.165, 1.54) is 12.3 Å². The van der Waals surface area contributed by atoms with Gasteiger partial charge >= 0.3 is 0 Å². The van der Waals surface area contributed by atoms with Crippen LogP contribution in [0.15, 0.2) is 18.5 Å². The smallest absolute Gasteiger partial charge is 0.141 e. The van der Waals surface area contributed by atoms with Crippen LogP contribution < -0.4 is 5.32 Å². The summed E-state index contributed by atoms with van der Waals surface area (Å²) in [6.07, 6.45) is 3.81. The predicted molar refractivity (Wildman–Crippen MR) is 69.6 cm³/mol. The Hall–Kier alpha value is -0.670. The van der Waals surface area contributed by atoms with Crippen molar-refractivity contribution >= 4 is 11.6 Å². The van der Waals surface area contributed by atoms with Gasteiger partial charge in [-0.05, 0) is 23.5 Å². The molecule has 96 valence electrons. The number of hydrogen-bond donors (Lipinski definition) is 1. The summed E-state index contributed by atoms with van der Waals surface area (Å²) in [5.41, 5.74) is 1.07. The molecule has 1 aromatic heterocycles. The molecule has 0 aromatic carbocycles. The summed E-state index contributed by atoms with van der Waals surface area (Å²) in [7, 11) is 0. The van der Waals surface area contributed by atoms with Gasteiger partial charge in [0.05, 0.1) is 6.20 Å². The summed E-state index contributed by atoms with van der Waals surface area (Å²) in [4.78, 5) is 3.79. The van der Waals surface area contributed by atoms with Crippen LogP contribution >= 0.6 is 11.6 Å². The first-order valence-corrected chi connectivity index (χ1v) is 6.25. The molecule has 1 heterocycles. The van der Waals surface area contributed by atoms with E-state index in [9.17, 15) is 4.39 Å². The first-order valence-electron chi connectivity index (χ1n) is 5.81. The Labute approximate surface area is 108 Å². The van der Waals surface area contributed by atoms with Crippen LogP contribution in [0.3, 0.4) is 0 Å². The van der Waals surface area contributed by atoms with Gasteiger partial charge in [-0.15, -0.1) is 11.6 Å². The highest BCUT2D eigenvalue weighted by Gasteiger charge is 2.16. The molecule has 2 nitrogen and oxygen atoms in total. The molecule has 0 fully saturated rings. The van der Waals surface area contributed by atoms with Crippen molar-refractivity contribution < 1.29 is 4.39 Å². The van der Waals surface area contributed by atoms with E-state index in [4.69, 9.17) is 11.6 Å². The Balaban J connectivity index is 2.28. The lowest BCUT2D eigenvalue weighted by molar-refractivity contribution is 0.364. The van der Waals surface area contributed by atoms with Crippen LogP contribution in [0.2, 0.25) is 0 Å². The molecule has 1 atom stereocenters. The lowest BCUT2D eigenvalue weighted by Crippen LogP contribution is -2.26. The number of hydrogen-bond acceptors (Lipinski definition) is 2. The zero-order valence-electron chi connectivity index (χ0n) is 10.6. The minimum Gasteiger partial charge on any atom is -0.311 e. The zero-order chi connectivity index (χ0) is 12.9. The van der Waals surface area contributed by atoms with Gasteiger partial charge in [0.1, 0.15) is 5.82 Å². The Morgan fingerprint density at radius 3 is 2.71 bits per heavy atom. The molecule has 0 bridgehead atoms. The van der Waals surface area contributed by atoms with Crippen molar-refractivity contribution in [3.8, 4) is 0 Å². The molecule has 0 radical (unpaired) electrons. The van der Waals surface area contributed by atoms with Crippen LogP contribution in [0.25, 0.3) is 0 Å². The topological polar surface area (TPSA) is 24.9 Å². The van der Waals surface area contributed by atoms with Crippen LogP contribution in [-0.4, -0.2) is 16.9 Å². The van der Waals surface area contributed by atoms with Crippen molar-refractivity contribution in [2.75, 3.05) is 6.54 Å². The van der Waals surface area contributed by atoms with Gasteiger partial charge in [-0.2, -0.15) is 0 Å². The fourth-order valence-electron chi connectivity index (χ4n) is 1.66. The van der Waals surface area contributed by atoms with Gasteiger partial charge in [-0.3, -0.25) is 4.98 Å². The standard InChI is InChI=1S/C13H20ClFN2/c1-13(2,3)5-11(14)8-16-6-10-4-12(15)9-17-7-10/h4,7,9,11,16H,5-6,8H2,1-3H3. The van der Waals surface area contributed by atoms with E-state index in [-0.39, 0.29) is 16.6 Å². The van der Waals surface area contributed by atoms with E-state index < -0.39 is 0 Å². The van der Waals surface area contributed by atoms with Gasteiger partial charge in [-0.25, -0.2) is 4.39 Å². The second-order valence-electron chi connectivity index (χ2n) is 5.50. The van der Waals surface area contributed by atoms with E-state index in [1.54, 1.807) is 6.20 Å². The van der Waals surface area contributed by atoms with E-state index in [0.29, 0.717) is 6.54 Å². The fourth-order valence-corrected chi connectivity index (χ4v) is 2.23. The molecule has 0 spiro atoms. The van der Waals surface area contributed by atoms with Gasteiger partial charge in [0.25, 0.3) is 0 Å². The highest BCUT2D eigenvalue weighted by molar-refractivity contribution is 6.20. The third-order valence-electron chi connectivity index (χ3n) is 2.29. The second kappa shape index (κ2) is 6.31. The number of nitrogens with zero attached hydrogens (tertiary/aromatic N) is 1. The normalized spacial score (nSPS) is 13.7. The monoisotopic (exact) mass is 258 g/mol. The molecule has 1 aromatic rings. The van der Waals surface area contributed by atoms with E-state index in [1.807, 2.05) is 0 Å². The summed E-state index contributed by atoms with van der Waals surface area (Å²) in [6.45, 7) is 7.81. The lowest BCUT2D eigenvalue weighted by atomic mass is 9.90. The molecule has 0 saturated heterocycles. The summed E-state index contributed by atoms with van der Waals surface area (Å²) >= 11 is 6.21. The molecule has 1 rings (SSSR count). The van der Waals surface area contributed by atoms with E-state index in [2.05, 4.69) is 31.1 Å². The largest absolute Gasteiger partial charge is 0.311 e. The van der Waals surface area contributed by atoms with E-state index >= 15 is 0 Å². The molecule has 0 aliphatic rings. The van der Waals surface area contributed by atoms with Crippen molar-refractivity contribution in [3.05, 3.63) is 29.8 Å². The molecule has 0 saturated carbocycles. The van der Waals surface area contributed by atoms with Crippen molar-refractivity contribution in [3.63, 3.8) is 0 Å². The van der Waals surface area contributed by atoms with Crippen LogP contribution in [0.5, 0.6) is 0 Å². The highest BCUT2D eigenvalue weighted by atomic mass is 35.5. The number of rotatable bonds is 5. The molecule has 0 amide bonds. The van der Waals surface area contributed by atoms with Gasteiger partial charge in [0, 0.05) is 24.7 Å². The van der Waals surface area contributed by atoms with Crippen molar-refractivity contribution in [1.82, 2.24) is 10.3 Å². The number of pyridine rings is 1. The quantitative estimate of drug-likeness (QED) is 0.820. The number of aromatic nitrogens is 1. The number of nitrogens with one attached hydrogen (secondary N) is 1. The second-order valence-corrected chi connectivity index (χ2v) is 6.12. The summed E-state index contributed by atoms with van der Waals surface area (Å²) in [5.74, 6) is -0.304. The average molecular weight is 259 g/mol. The van der Waals surface area contributed by atoms with Gasteiger partial charge < -0.3 is 5.32 Å². The molecule has 1 N–H and O–H groups in total. The molecule has 4 heteroatoms. The maximum Gasteiger partial charge on any atom is 0.141 e. The van der Waals surface area contributed by atoms with Crippen molar-refractivity contribution in [1.29, 1.82) is 0 Å². The third-order valence-corrected chi connectivity index (χ3v) is 2.60. The predicted octanol–water partition coefficient (Wildman–Crippen LogP) is 3.35. The minimum atomic E-state index is -0.304. The van der Waals surface area contributed by atoms with Crippen molar-refractivity contribution in [2.24, 2.45) is 5.41 Å². The lowest BCUT2D eigenvalue weighted by Gasteiger charge is -2.22. The zero-order valence-corrected chi connectivity index (χ0v) is 11.4.